The van der Waals surface area contributed by atoms with Crippen LogP contribution in [-0.4, -0.2) is 35.5 Å². The quantitative estimate of drug-likeness (QED) is 0.172. The predicted octanol–water partition coefficient (Wildman–Crippen LogP) is 0.442. The van der Waals surface area contributed by atoms with Gasteiger partial charge >= 0.3 is 11.9 Å². The Morgan fingerprint density at radius 2 is 2.09 bits per heavy atom. The molecule has 2 rings (SSSR count). The number of carbonyl (C=O) groups is 2. The summed E-state index contributed by atoms with van der Waals surface area (Å²) < 4.78 is 4.83. The topological polar surface area (TPSA) is 147 Å². The van der Waals surface area contributed by atoms with Crippen molar-refractivity contribution < 1.29 is 14.3 Å². The molecule has 0 radical (unpaired) electrons. The summed E-state index contributed by atoms with van der Waals surface area (Å²) >= 11 is 0. The van der Waals surface area contributed by atoms with Crippen molar-refractivity contribution in [3.63, 3.8) is 0 Å². The number of hydrogen-bond acceptors (Lipinski definition) is 5. The largest absolute Gasteiger partial charge is 0.388 e. The van der Waals surface area contributed by atoms with Crippen LogP contribution in [0.25, 0.3) is 10.9 Å². The van der Waals surface area contributed by atoms with Crippen LogP contribution < -0.4 is 16.8 Å². The first kappa shape index (κ1) is 16.5. The third-order valence-corrected chi connectivity index (χ3v) is 3.31. The van der Waals surface area contributed by atoms with E-state index in [1.54, 1.807) is 12.1 Å². The van der Waals surface area contributed by atoms with Crippen LogP contribution in [0.15, 0.2) is 30.5 Å². The molecule has 0 bridgehead atoms. The second-order valence-corrected chi connectivity index (χ2v) is 5.05. The van der Waals surface area contributed by atoms with E-state index in [0.717, 1.165) is 5.52 Å². The fourth-order valence-electron chi connectivity index (χ4n) is 2.13. The molecule has 122 valence electrons. The number of benzene rings is 1. The first-order valence-corrected chi connectivity index (χ1v) is 7.14. The first-order chi connectivity index (χ1) is 11.0. The van der Waals surface area contributed by atoms with Crippen molar-refractivity contribution in [3.05, 3.63) is 36.0 Å². The van der Waals surface area contributed by atoms with E-state index in [2.05, 4.69) is 10.3 Å². The summed E-state index contributed by atoms with van der Waals surface area (Å²) in [6, 6.07) is 6.31. The van der Waals surface area contributed by atoms with Crippen molar-refractivity contribution in [2.24, 2.45) is 11.5 Å². The summed E-state index contributed by atoms with van der Waals surface area (Å²) in [7, 11) is 0. The van der Waals surface area contributed by atoms with Crippen LogP contribution in [0.5, 0.6) is 0 Å². The number of nitrogens with one attached hydrogen (secondary N) is 3. The Balaban J connectivity index is 1.89. The van der Waals surface area contributed by atoms with Crippen molar-refractivity contribution >= 4 is 28.8 Å². The third kappa shape index (κ3) is 4.30. The Bertz CT molecular complexity index is 725. The number of ether oxygens (including phenoxy) is 1. The molecule has 1 heterocycles. The monoisotopic (exact) mass is 317 g/mol. The standard InChI is InChI=1S/C15H19N5O3/c16-11(5-3-7-19-15(17)18)14(22)23-13(21)10-8-20-12-6-2-1-4-9(10)12/h1-2,4,6,8,11,20H,3,5,7,16H2,(H4,17,18,19)/t11-/m0/s1. The Hall–Kier alpha value is -2.87. The Morgan fingerprint density at radius 1 is 1.35 bits per heavy atom. The summed E-state index contributed by atoms with van der Waals surface area (Å²) in [5.41, 5.74) is 11.9. The number of esters is 2. The molecule has 23 heavy (non-hydrogen) atoms. The van der Waals surface area contributed by atoms with E-state index in [4.69, 9.17) is 21.6 Å². The lowest BCUT2D eigenvalue weighted by Gasteiger charge is -2.10. The molecular weight excluding hydrogens is 298 g/mol. The Kier molecular flexibility index (Phi) is 5.32. The molecule has 0 fully saturated rings. The zero-order valence-corrected chi connectivity index (χ0v) is 12.5. The maximum atomic E-state index is 12.1. The van der Waals surface area contributed by atoms with Crippen LogP contribution >= 0.6 is 0 Å². The molecule has 8 nitrogen and oxygen atoms in total. The molecule has 2 aromatic rings. The molecular formula is C15H19N5O3. The summed E-state index contributed by atoms with van der Waals surface area (Å²) in [6.45, 7) is 0.423. The maximum Gasteiger partial charge on any atom is 0.348 e. The van der Waals surface area contributed by atoms with Crippen LogP contribution in [-0.2, 0) is 9.53 Å². The zero-order chi connectivity index (χ0) is 16.8. The van der Waals surface area contributed by atoms with Gasteiger partial charge in [0, 0.05) is 23.6 Å². The summed E-state index contributed by atoms with van der Waals surface area (Å²) in [6.07, 6.45) is 2.35. The smallest absolute Gasteiger partial charge is 0.348 e. The first-order valence-electron chi connectivity index (χ1n) is 7.14. The number of carbonyl (C=O) groups excluding carboxylic acids is 2. The molecule has 0 spiro atoms. The van der Waals surface area contributed by atoms with Gasteiger partial charge in [0.2, 0.25) is 0 Å². The lowest BCUT2D eigenvalue weighted by molar-refractivity contribution is -0.139. The number of para-hydroxylation sites is 1. The number of aromatic nitrogens is 1. The van der Waals surface area contributed by atoms with Crippen LogP contribution in [0.1, 0.15) is 23.2 Å². The van der Waals surface area contributed by atoms with Gasteiger partial charge < -0.3 is 26.5 Å². The highest BCUT2D eigenvalue weighted by molar-refractivity contribution is 6.07. The zero-order valence-electron chi connectivity index (χ0n) is 12.5. The molecule has 0 aliphatic rings. The van der Waals surface area contributed by atoms with Gasteiger partial charge in [0.25, 0.3) is 0 Å². The molecule has 7 N–H and O–H groups in total. The lowest BCUT2D eigenvalue weighted by Crippen LogP contribution is -2.36. The van der Waals surface area contributed by atoms with E-state index < -0.39 is 18.0 Å². The highest BCUT2D eigenvalue weighted by Crippen LogP contribution is 2.18. The minimum absolute atomic E-state index is 0.143. The summed E-state index contributed by atoms with van der Waals surface area (Å²) in [5.74, 6) is -1.65. The van der Waals surface area contributed by atoms with E-state index in [-0.39, 0.29) is 5.96 Å². The van der Waals surface area contributed by atoms with Crippen LogP contribution in [0.4, 0.5) is 0 Å². The molecule has 1 aromatic heterocycles. The number of guanidine groups is 1. The van der Waals surface area contributed by atoms with Crippen LogP contribution in [0.2, 0.25) is 0 Å². The van der Waals surface area contributed by atoms with E-state index in [0.29, 0.717) is 30.3 Å². The average Bonchev–Trinajstić information content (AvgIpc) is 2.95. The lowest BCUT2D eigenvalue weighted by atomic mass is 10.1. The van der Waals surface area contributed by atoms with Crippen molar-refractivity contribution in [2.75, 3.05) is 6.54 Å². The molecule has 1 atom stereocenters. The Labute approximate surface area is 132 Å². The molecule has 0 amide bonds. The van der Waals surface area contributed by atoms with Crippen molar-refractivity contribution in [2.45, 2.75) is 18.9 Å². The number of rotatable bonds is 6. The number of fused-ring (bicyclic) bond motifs is 1. The van der Waals surface area contributed by atoms with Gasteiger partial charge in [0.1, 0.15) is 6.04 Å². The number of H-pyrrole nitrogens is 1. The Morgan fingerprint density at radius 3 is 2.83 bits per heavy atom. The fraction of sp³-hybridized carbons (Fsp3) is 0.267. The van der Waals surface area contributed by atoms with Gasteiger partial charge in [-0.3, -0.25) is 5.41 Å². The highest BCUT2D eigenvalue weighted by Gasteiger charge is 2.21. The molecule has 1 aromatic carbocycles. The van der Waals surface area contributed by atoms with Gasteiger partial charge in [0.05, 0.1) is 5.56 Å². The second kappa shape index (κ2) is 7.41. The van der Waals surface area contributed by atoms with E-state index in [1.807, 2.05) is 12.1 Å². The van der Waals surface area contributed by atoms with E-state index in [1.165, 1.54) is 6.20 Å². The molecule has 0 aliphatic carbocycles. The van der Waals surface area contributed by atoms with Gasteiger partial charge in [-0.15, -0.1) is 0 Å². The molecule has 0 aliphatic heterocycles. The normalized spacial score (nSPS) is 11.9. The van der Waals surface area contributed by atoms with Gasteiger partial charge in [-0.2, -0.15) is 0 Å². The summed E-state index contributed by atoms with van der Waals surface area (Å²) in [5, 5.41) is 10.3. The van der Waals surface area contributed by atoms with Crippen LogP contribution in [0, 0.1) is 5.41 Å². The maximum absolute atomic E-state index is 12.1. The SMILES string of the molecule is N=C(N)NCCC[C@H](N)C(=O)OC(=O)c1c[nH]c2ccccc12. The van der Waals surface area contributed by atoms with Crippen molar-refractivity contribution in [3.8, 4) is 0 Å². The number of hydrogen-bond donors (Lipinski definition) is 5. The van der Waals surface area contributed by atoms with Crippen molar-refractivity contribution in [1.82, 2.24) is 10.3 Å². The van der Waals surface area contributed by atoms with Gasteiger partial charge in [-0.05, 0) is 18.9 Å². The van der Waals surface area contributed by atoms with Crippen LogP contribution in [0.3, 0.4) is 0 Å². The summed E-state index contributed by atoms with van der Waals surface area (Å²) in [4.78, 5) is 26.9. The molecule has 0 unspecified atom stereocenters. The average molecular weight is 317 g/mol. The fourth-order valence-corrected chi connectivity index (χ4v) is 2.13. The third-order valence-electron chi connectivity index (χ3n) is 3.31. The molecule has 8 heteroatoms. The van der Waals surface area contributed by atoms with E-state index in [9.17, 15) is 9.59 Å². The van der Waals surface area contributed by atoms with Gasteiger partial charge in [-0.25, -0.2) is 9.59 Å². The number of aromatic amines is 1. The molecule has 0 saturated carbocycles. The van der Waals surface area contributed by atoms with Gasteiger partial charge in [-0.1, -0.05) is 18.2 Å². The predicted molar refractivity (Wildman–Crippen MR) is 85.8 cm³/mol. The number of nitrogens with two attached hydrogens (primary N) is 2. The highest BCUT2D eigenvalue weighted by atomic mass is 16.6. The minimum Gasteiger partial charge on any atom is -0.388 e. The molecule has 0 saturated heterocycles. The minimum atomic E-state index is -0.905. The van der Waals surface area contributed by atoms with Crippen molar-refractivity contribution in [1.29, 1.82) is 5.41 Å². The van der Waals surface area contributed by atoms with Gasteiger partial charge in [0.15, 0.2) is 5.96 Å². The van der Waals surface area contributed by atoms with E-state index >= 15 is 0 Å². The second-order valence-electron chi connectivity index (χ2n) is 5.05.